The quantitative estimate of drug-likeness (QED) is 0.0691. The van der Waals surface area contributed by atoms with E-state index in [2.05, 4.69) is 25.6 Å². The number of carbonyl (C=O) groups excluding carboxylic acids is 5. The third-order valence-electron chi connectivity index (χ3n) is 11.1. The Balaban J connectivity index is 1.22. The van der Waals surface area contributed by atoms with Crippen LogP contribution in [0.4, 0.5) is 16.7 Å². The second-order valence-corrected chi connectivity index (χ2v) is 16.6. The molecular formula is C44H53N13O8S. The molecule has 348 valence electrons. The zero-order valence-electron chi connectivity index (χ0n) is 37.7. The molecule has 0 aliphatic carbocycles. The van der Waals surface area contributed by atoms with Crippen LogP contribution in [0, 0.1) is 13.8 Å². The first kappa shape index (κ1) is 46.7. The first-order valence-corrected chi connectivity index (χ1v) is 22.2. The number of methoxy groups -OCH3 is 2. The number of aromatic nitrogens is 7. The van der Waals surface area contributed by atoms with Gasteiger partial charge in [0.05, 0.1) is 48.3 Å². The van der Waals surface area contributed by atoms with Gasteiger partial charge in [0.25, 0.3) is 11.8 Å². The van der Waals surface area contributed by atoms with Gasteiger partial charge in [-0.3, -0.25) is 39.4 Å². The van der Waals surface area contributed by atoms with E-state index in [9.17, 15) is 24.0 Å². The van der Waals surface area contributed by atoms with E-state index in [0.717, 1.165) is 5.01 Å². The van der Waals surface area contributed by atoms with Crippen molar-refractivity contribution < 1.29 is 38.2 Å². The van der Waals surface area contributed by atoms with Gasteiger partial charge < -0.3 is 39.7 Å². The van der Waals surface area contributed by atoms with Gasteiger partial charge in [0.15, 0.2) is 0 Å². The Hall–Kier alpha value is -7.33. The van der Waals surface area contributed by atoms with E-state index in [1.54, 1.807) is 43.8 Å². The number of nitrogens with one attached hydrogen (secondary N) is 2. The molecule has 2 aromatic carbocycles. The fourth-order valence-corrected chi connectivity index (χ4v) is 8.75. The fourth-order valence-electron chi connectivity index (χ4n) is 7.85. The molecule has 7 rings (SSSR count). The normalized spacial score (nSPS) is 13.2. The third-order valence-corrected chi connectivity index (χ3v) is 12.1. The number of nitrogens with two attached hydrogens (primary N) is 2. The highest BCUT2D eigenvalue weighted by Gasteiger charge is 2.25. The topological polar surface area (TPSA) is 262 Å². The number of amides is 5. The van der Waals surface area contributed by atoms with Crippen LogP contribution in [0.3, 0.4) is 0 Å². The number of primary amides is 2. The summed E-state index contributed by atoms with van der Waals surface area (Å²) in [7, 11) is 2.83. The number of hydrogen-bond acceptors (Lipinski definition) is 14. The largest absolute Gasteiger partial charge is 0.494 e. The molecule has 6 aromatic rings. The van der Waals surface area contributed by atoms with Crippen LogP contribution in [-0.4, -0.2) is 127 Å². The molecule has 0 spiro atoms. The Morgan fingerprint density at radius 2 is 1.38 bits per heavy atom. The molecule has 1 aliphatic heterocycles. The standard InChI is InChI=1S/C44H53N13O8S/c1-7-29-37(66-26(4)47-29)41(61)51-43-49-31-22-28(39(46)59)24-34(65-19-11-12-53-15-17-54(18-16-53)44(62)64-6)36(31)56(43)14-10-9-13-55-35-30(21-27(38(45)58)23-33(35)63-5)48-42(55)50-40(60)32-20-25(3)52-57(32)8-2/h9-10,20-24H,7-8,11-19H2,1-6H3,(H2,45,58)(H2,46,59)(H,48,50,60)(H,49,51,61)/b10-9+. The van der Waals surface area contributed by atoms with Gasteiger partial charge in [0, 0.05) is 63.5 Å². The van der Waals surface area contributed by atoms with Gasteiger partial charge in [-0.15, -0.1) is 11.3 Å². The number of anilines is 2. The molecule has 1 saturated heterocycles. The molecular weight excluding hydrogens is 871 g/mol. The number of nitrogens with zero attached hydrogens (tertiary/aromatic N) is 9. The third kappa shape index (κ3) is 9.98. The van der Waals surface area contributed by atoms with Crippen molar-refractivity contribution in [2.45, 2.75) is 60.2 Å². The van der Waals surface area contributed by atoms with Crippen molar-refractivity contribution in [3.05, 3.63) is 80.6 Å². The van der Waals surface area contributed by atoms with Crippen LogP contribution in [0.1, 0.15) is 77.5 Å². The average molecular weight is 924 g/mol. The van der Waals surface area contributed by atoms with Crippen LogP contribution in [0.5, 0.6) is 11.5 Å². The number of piperazine rings is 1. The van der Waals surface area contributed by atoms with Crippen LogP contribution in [-0.2, 0) is 30.8 Å². The Morgan fingerprint density at radius 1 is 0.788 bits per heavy atom. The smallest absolute Gasteiger partial charge is 0.409 e. The number of imidazole rings is 2. The van der Waals surface area contributed by atoms with Crippen LogP contribution >= 0.6 is 11.3 Å². The van der Waals surface area contributed by atoms with E-state index in [-0.39, 0.29) is 48.8 Å². The molecule has 22 heteroatoms. The lowest BCUT2D eigenvalue weighted by Gasteiger charge is -2.33. The summed E-state index contributed by atoms with van der Waals surface area (Å²) in [6.07, 6.45) is 4.53. The summed E-state index contributed by atoms with van der Waals surface area (Å²) in [6.45, 7) is 11.7. The predicted molar refractivity (Wildman–Crippen MR) is 247 cm³/mol. The number of thiazole rings is 1. The van der Waals surface area contributed by atoms with Gasteiger partial charge in [-0.2, -0.15) is 5.10 Å². The Kier molecular flexibility index (Phi) is 14.3. The van der Waals surface area contributed by atoms with Crippen molar-refractivity contribution in [2.75, 3.05) is 64.2 Å². The van der Waals surface area contributed by atoms with Crippen molar-refractivity contribution in [3.63, 3.8) is 0 Å². The van der Waals surface area contributed by atoms with Crippen molar-refractivity contribution in [1.82, 2.24) is 43.7 Å². The van der Waals surface area contributed by atoms with E-state index < -0.39 is 23.6 Å². The number of benzene rings is 2. The van der Waals surface area contributed by atoms with E-state index in [1.807, 2.05) is 32.9 Å². The zero-order valence-corrected chi connectivity index (χ0v) is 38.5. The Morgan fingerprint density at radius 3 is 1.94 bits per heavy atom. The zero-order chi connectivity index (χ0) is 47.2. The van der Waals surface area contributed by atoms with E-state index >= 15 is 0 Å². The van der Waals surface area contributed by atoms with Crippen LogP contribution < -0.4 is 31.6 Å². The first-order chi connectivity index (χ1) is 31.7. The molecule has 0 unspecified atom stereocenters. The lowest BCUT2D eigenvalue weighted by atomic mass is 10.1. The molecule has 66 heavy (non-hydrogen) atoms. The van der Waals surface area contributed by atoms with E-state index in [1.165, 1.54) is 37.7 Å². The maximum atomic E-state index is 13.9. The van der Waals surface area contributed by atoms with Gasteiger partial charge in [0.2, 0.25) is 23.7 Å². The highest BCUT2D eigenvalue weighted by Crippen LogP contribution is 2.33. The van der Waals surface area contributed by atoms with Gasteiger partial charge >= 0.3 is 6.09 Å². The maximum absolute atomic E-state index is 13.9. The van der Waals surface area contributed by atoms with Gasteiger partial charge in [-0.25, -0.2) is 19.7 Å². The van der Waals surface area contributed by atoms with Crippen LogP contribution in [0.2, 0.25) is 0 Å². The molecule has 21 nitrogen and oxygen atoms in total. The Bertz CT molecular complexity index is 2850. The summed E-state index contributed by atoms with van der Waals surface area (Å²) in [6, 6.07) is 7.86. The second-order valence-electron chi connectivity index (χ2n) is 15.4. The molecule has 6 N–H and O–H groups in total. The van der Waals surface area contributed by atoms with Crippen molar-refractivity contribution >= 4 is 75.0 Å². The van der Waals surface area contributed by atoms with Crippen LogP contribution in [0.25, 0.3) is 22.1 Å². The van der Waals surface area contributed by atoms with E-state index in [4.69, 9.17) is 35.6 Å². The first-order valence-electron chi connectivity index (χ1n) is 21.4. The molecule has 1 aliphatic rings. The second kappa shape index (κ2) is 20.2. The highest BCUT2D eigenvalue weighted by atomic mass is 32.1. The SMILES string of the molecule is CCc1nc(C)sc1C(=O)Nc1nc2cc(C(N)=O)cc(OCCCN3CCN(C(=O)OC)CC3)c2n1C/C=C/Cn1c(NC(=O)c2cc(C)nn2CC)nc2cc(C(N)=O)cc(OC)c21. The fraction of sp³-hybridized carbons (Fsp3) is 0.386. The average Bonchev–Trinajstić information content (AvgIpc) is 4.07. The van der Waals surface area contributed by atoms with E-state index in [0.29, 0.717) is 108 Å². The summed E-state index contributed by atoms with van der Waals surface area (Å²) in [5, 5.41) is 11.1. The van der Waals surface area contributed by atoms with Crippen molar-refractivity contribution in [3.8, 4) is 11.5 Å². The number of fused-ring (bicyclic) bond motifs is 2. The molecule has 5 amide bonds. The summed E-state index contributed by atoms with van der Waals surface area (Å²) in [5.41, 5.74) is 15.2. The number of aryl methyl sites for hydroxylation is 4. The molecule has 0 radical (unpaired) electrons. The molecule has 0 bridgehead atoms. The summed E-state index contributed by atoms with van der Waals surface area (Å²) in [4.78, 5) is 82.8. The molecule has 5 heterocycles. The van der Waals surface area contributed by atoms with Gasteiger partial charge in [-0.05, 0) is 63.9 Å². The van der Waals surface area contributed by atoms with Crippen molar-refractivity contribution in [1.29, 1.82) is 0 Å². The van der Waals surface area contributed by atoms with Gasteiger partial charge in [-0.1, -0.05) is 19.1 Å². The molecule has 0 saturated carbocycles. The molecule has 4 aromatic heterocycles. The Labute approximate surface area is 383 Å². The lowest BCUT2D eigenvalue weighted by molar-refractivity contribution is 0.0891. The summed E-state index contributed by atoms with van der Waals surface area (Å²) < 4.78 is 22.1. The minimum atomic E-state index is -0.680. The minimum Gasteiger partial charge on any atom is -0.494 e. The molecule has 1 fully saturated rings. The number of carbonyl (C=O) groups is 5. The molecule has 0 atom stereocenters. The number of rotatable bonds is 18. The summed E-state index contributed by atoms with van der Waals surface area (Å²) >= 11 is 1.28. The summed E-state index contributed by atoms with van der Waals surface area (Å²) in [5.74, 6) is -1.18. The number of allylic oxidation sites excluding steroid dienone is 2. The highest BCUT2D eigenvalue weighted by molar-refractivity contribution is 7.13. The maximum Gasteiger partial charge on any atom is 0.409 e. The number of hydrogen-bond donors (Lipinski definition) is 4. The van der Waals surface area contributed by atoms with Gasteiger partial charge in [0.1, 0.15) is 33.1 Å². The van der Waals surface area contributed by atoms with Crippen LogP contribution in [0.15, 0.2) is 42.5 Å². The monoisotopic (exact) mass is 923 g/mol. The lowest BCUT2D eigenvalue weighted by Crippen LogP contribution is -2.48. The minimum absolute atomic E-state index is 0.150. The van der Waals surface area contributed by atoms with Crippen molar-refractivity contribution in [2.24, 2.45) is 11.5 Å². The number of ether oxygens (including phenoxy) is 3. The predicted octanol–water partition coefficient (Wildman–Crippen LogP) is 4.36.